The summed E-state index contributed by atoms with van der Waals surface area (Å²) in [5.74, 6) is -1.08. The fraction of sp³-hybridized carbons (Fsp3) is 0.455. The molecule has 1 heterocycles. The molecule has 0 saturated carbocycles. The summed E-state index contributed by atoms with van der Waals surface area (Å²) in [6, 6.07) is 0.946. The molecule has 0 aliphatic carbocycles. The molecule has 18 heavy (non-hydrogen) atoms. The number of hydrogen-bond acceptors (Lipinski definition) is 4. The Balaban J connectivity index is 2.55. The van der Waals surface area contributed by atoms with E-state index in [1.54, 1.807) is 19.2 Å². The monoisotopic (exact) mass is 272 g/mol. The Kier molecular flexibility index (Phi) is 4.69. The normalized spacial score (nSPS) is 11.1. The number of amides is 2. The number of urea groups is 1. The molecule has 0 fully saturated rings. The van der Waals surface area contributed by atoms with Crippen molar-refractivity contribution in [1.29, 1.82) is 0 Å². The quantitative estimate of drug-likeness (QED) is 0.654. The van der Waals surface area contributed by atoms with E-state index in [0.29, 0.717) is 11.5 Å². The van der Waals surface area contributed by atoms with E-state index in [4.69, 9.17) is 10.2 Å². The maximum absolute atomic E-state index is 11.6. The average Bonchev–Trinajstić information content (AvgIpc) is 2.75. The summed E-state index contributed by atoms with van der Waals surface area (Å²) >= 11 is 1.14. The van der Waals surface area contributed by atoms with Crippen molar-refractivity contribution >= 4 is 28.3 Å². The number of nitrogens with one attached hydrogen (secondary N) is 2. The minimum absolute atomic E-state index is 0.0490. The third-order valence-electron chi connectivity index (χ3n) is 2.28. The number of carboxylic acids is 1. The number of carboxylic acid groups (broad SMARTS) is 1. The van der Waals surface area contributed by atoms with Crippen LogP contribution < -0.4 is 10.6 Å². The van der Waals surface area contributed by atoms with Crippen molar-refractivity contribution in [1.82, 2.24) is 5.32 Å². The van der Waals surface area contributed by atoms with E-state index in [-0.39, 0.29) is 12.2 Å². The molecule has 0 aromatic carbocycles. The molecule has 6 nitrogen and oxygen atoms in total. The number of carbonyl (C=O) groups is 2. The summed E-state index contributed by atoms with van der Waals surface area (Å²) < 4.78 is 0. The zero-order valence-corrected chi connectivity index (χ0v) is 11.0. The summed E-state index contributed by atoms with van der Waals surface area (Å²) in [4.78, 5) is 22.4. The molecule has 1 aromatic heterocycles. The van der Waals surface area contributed by atoms with Crippen molar-refractivity contribution in [3.05, 3.63) is 17.0 Å². The number of carbonyl (C=O) groups excluding carboxylic acids is 1. The molecule has 0 unspecified atom stereocenters. The first kappa shape index (κ1) is 14.5. The van der Waals surface area contributed by atoms with Crippen LogP contribution in [0.1, 0.15) is 24.2 Å². The second kappa shape index (κ2) is 5.83. The van der Waals surface area contributed by atoms with Crippen LogP contribution in [0, 0.1) is 5.41 Å². The highest BCUT2D eigenvalue weighted by molar-refractivity contribution is 7.14. The fourth-order valence-corrected chi connectivity index (χ4v) is 1.87. The van der Waals surface area contributed by atoms with E-state index < -0.39 is 17.4 Å². The van der Waals surface area contributed by atoms with Gasteiger partial charge in [0.15, 0.2) is 0 Å². The van der Waals surface area contributed by atoms with Crippen molar-refractivity contribution < 1.29 is 19.8 Å². The van der Waals surface area contributed by atoms with E-state index in [1.807, 2.05) is 0 Å². The Bertz CT molecular complexity index is 442. The smallest absolute Gasteiger partial charge is 0.338 e. The van der Waals surface area contributed by atoms with E-state index in [2.05, 4.69) is 10.6 Å². The lowest BCUT2D eigenvalue weighted by Crippen LogP contribution is -2.38. The summed E-state index contributed by atoms with van der Waals surface area (Å²) in [6.07, 6.45) is 0. The molecule has 7 heteroatoms. The van der Waals surface area contributed by atoms with Gasteiger partial charge in [0.2, 0.25) is 0 Å². The standard InChI is InChI=1S/C11H16N2O4S/c1-11(2,6-14)5-12-10(17)13-8-7(9(15)16)3-4-18-8/h3-4,14H,5-6H2,1-2H3,(H,15,16)(H2,12,13,17). The molecule has 1 rings (SSSR count). The molecular formula is C11H16N2O4S. The van der Waals surface area contributed by atoms with E-state index in [0.717, 1.165) is 11.3 Å². The highest BCUT2D eigenvalue weighted by Crippen LogP contribution is 2.23. The predicted molar refractivity (Wildman–Crippen MR) is 69.2 cm³/mol. The van der Waals surface area contributed by atoms with E-state index in [9.17, 15) is 9.59 Å². The molecular weight excluding hydrogens is 256 g/mol. The number of aromatic carboxylic acids is 1. The lowest BCUT2D eigenvalue weighted by atomic mass is 9.95. The largest absolute Gasteiger partial charge is 0.478 e. The highest BCUT2D eigenvalue weighted by atomic mass is 32.1. The fourth-order valence-electron chi connectivity index (χ4n) is 1.10. The van der Waals surface area contributed by atoms with E-state index in [1.165, 1.54) is 6.07 Å². The highest BCUT2D eigenvalue weighted by Gasteiger charge is 2.18. The summed E-state index contributed by atoms with van der Waals surface area (Å²) in [5, 5.41) is 24.8. The van der Waals surface area contributed by atoms with Crippen LogP contribution >= 0.6 is 11.3 Å². The van der Waals surface area contributed by atoms with Crippen LogP contribution in [0.4, 0.5) is 9.80 Å². The van der Waals surface area contributed by atoms with Gasteiger partial charge in [0, 0.05) is 18.6 Å². The lowest BCUT2D eigenvalue weighted by molar-refractivity contribution is 0.0698. The maximum Gasteiger partial charge on any atom is 0.338 e. The van der Waals surface area contributed by atoms with Crippen LogP contribution in [-0.2, 0) is 0 Å². The van der Waals surface area contributed by atoms with Crippen LogP contribution in [0.5, 0.6) is 0 Å². The van der Waals surface area contributed by atoms with Crippen molar-refractivity contribution in [2.24, 2.45) is 5.41 Å². The maximum atomic E-state index is 11.6. The van der Waals surface area contributed by atoms with Gasteiger partial charge in [-0.3, -0.25) is 5.32 Å². The number of aliphatic hydroxyl groups excluding tert-OH is 1. The van der Waals surface area contributed by atoms with Crippen molar-refractivity contribution in [2.75, 3.05) is 18.5 Å². The van der Waals surface area contributed by atoms with Gasteiger partial charge in [-0.05, 0) is 11.4 Å². The minimum atomic E-state index is -1.08. The zero-order valence-electron chi connectivity index (χ0n) is 10.2. The van der Waals surface area contributed by atoms with Crippen LogP contribution in [-0.4, -0.2) is 35.4 Å². The molecule has 0 aliphatic heterocycles. The Hall–Kier alpha value is -1.60. The molecule has 0 aliphatic rings. The van der Waals surface area contributed by atoms with Gasteiger partial charge in [0.1, 0.15) is 5.00 Å². The number of thiophene rings is 1. The molecule has 0 atom stereocenters. The molecule has 4 N–H and O–H groups in total. The molecule has 0 radical (unpaired) electrons. The first-order valence-electron chi connectivity index (χ1n) is 5.32. The van der Waals surface area contributed by atoms with Crippen LogP contribution in [0.25, 0.3) is 0 Å². The Labute approximate surface area is 109 Å². The number of hydrogen-bond donors (Lipinski definition) is 4. The number of aliphatic hydroxyl groups is 1. The van der Waals surface area contributed by atoms with Gasteiger partial charge >= 0.3 is 12.0 Å². The van der Waals surface area contributed by atoms with Gasteiger partial charge < -0.3 is 15.5 Å². The molecule has 100 valence electrons. The summed E-state index contributed by atoms with van der Waals surface area (Å²) in [7, 11) is 0. The average molecular weight is 272 g/mol. The predicted octanol–water partition coefficient (Wildman–Crippen LogP) is 1.59. The first-order chi connectivity index (χ1) is 8.35. The third kappa shape index (κ3) is 4.01. The van der Waals surface area contributed by atoms with Crippen molar-refractivity contribution in [2.45, 2.75) is 13.8 Å². The Morgan fingerprint density at radius 1 is 1.44 bits per heavy atom. The topological polar surface area (TPSA) is 98.7 Å². The molecule has 0 saturated heterocycles. The summed E-state index contributed by atoms with van der Waals surface area (Å²) in [5.41, 5.74) is -0.348. The first-order valence-corrected chi connectivity index (χ1v) is 6.20. The van der Waals surface area contributed by atoms with Crippen molar-refractivity contribution in [3.63, 3.8) is 0 Å². The lowest BCUT2D eigenvalue weighted by Gasteiger charge is -2.21. The SMILES string of the molecule is CC(C)(CO)CNC(=O)Nc1sccc1C(=O)O. The third-order valence-corrected chi connectivity index (χ3v) is 3.11. The van der Waals surface area contributed by atoms with Crippen molar-refractivity contribution in [3.8, 4) is 0 Å². The molecule has 0 spiro atoms. The van der Waals surface area contributed by atoms with Crippen LogP contribution in [0.15, 0.2) is 11.4 Å². The van der Waals surface area contributed by atoms with Gasteiger partial charge in [-0.2, -0.15) is 0 Å². The number of rotatable bonds is 5. The van der Waals surface area contributed by atoms with Crippen LogP contribution in [0.2, 0.25) is 0 Å². The van der Waals surface area contributed by atoms with Gasteiger partial charge in [-0.15, -0.1) is 11.3 Å². The summed E-state index contributed by atoms with van der Waals surface area (Å²) in [6.45, 7) is 3.86. The van der Waals surface area contributed by atoms with E-state index >= 15 is 0 Å². The molecule has 2 amide bonds. The van der Waals surface area contributed by atoms with Gasteiger partial charge in [-0.1, -0.05) is 13.8 Å². The number of anilines is 1. The Morgan fingerprint density at radius 3 is 2.67 bits per heavy atom. The molecule has 1 aromatic rings. The van der Waals surface area contributed by atoms with Gasteiger partial charge in [-0.25, -0.2) is 9.59 Å². The Morgan fingerprint density at radius 2 is 2.11 bits per heavy atom. The minimum Gasteiger partial charge on any atom is -0.478 e. The molecule has 0 bridgehead atoms. The second-order valence-electron chi connectivity index (χ2n) is 4.60. The zero-order chi connectivity index (χ0) is 13.8. The van der Waals surface area contributed by atoms with Gasteiger partial charge in [0.05, 0.1) is 5.56 Å². The van der Waals surface area contributed by atoms with Crippen LogP contribution in [0.3, 0.4) is 0 Å². The second-order valence-corrected chi connectivity index (χ2v) is 5.51. The van der Waals surface area contributed by atoms with Gasteiger partial charge in [0.25, 0.3) is 0 Å².